The Morgan fingerprint density at radius 1 is 1.07 bits per heavy atom. The highest BCUT2D eigenvalue weighted by atomic mass is 19.3. The maximum Gasteiger partial charge on any atom is 0.270 e. The smallest absolute Gasteiger partial charge is 0.270 e. The predicted octanol–water partition coefficient (Wildman–Crippen LogP) is 6.76. The molecule has 0 aliphatic rings. The van der Waals surface area contributed by atoms with E-state index in [1.165, 1.54) is 18.6 Å². The second-order valence-electron chi connectivity index (χ2n) is 8.22. The molecule has 28 heavy (non-hydrogen) atoms. The van der Waals surface area contributed by atoms with Gasteiger partial charge in [-0.2, -0.15) is 5.10 Å². The monoisotopic (exact) mass is 391 g/mol. The van der Waals surface area contributed by atoms with E-state index in [4.69, 9.17) is 5.10 Å². The number of rotatable bonds is 10. The van der Waals surface area contributed by atoms with Gasteiger partial charge in [-0.1, -0.05) is 53.2 Å². The van der Waals surface area contributed by atoms with Crippen LogP contribution in [0.4, 0.5) is 14.6 Å². The highest BCUT2D eigenvalue weighted by Crippen LogP contribution is 2.29. The van der Waals surface area contributed by atoms with Crippen molar-refractivity contribution >= 4 is 5.82 Å². The fraction of sp³-hybridized carbons (Fsp3) is 0.609. The number of anilines is 1. The third kappa shape index (κ3) is 5.55. The molecule has 2 aromatic rings. The second kappa shape index (κ2) is 9.53. The molecule has 0 bridgehead atoms. The number of hydrogen-bond acceptors (Lipinski definition) is 2. The Balaban J connectivity index is 2.36. The van der Waals surface area contributed by atoms with Gasteiger partial charge in [0.15, 0.2) is 5.82 Å². The van der Waals surface area contributed by atoms with Crippen LogP contribution < -0.4 is 4.90 Å². The summed E-state index contributed by atoms with van der Waals surface area (Å²) in [6.45, 7) is 13.8. The second-order valence-corrected chi connectivity index (χ2v) is 8.22. The van der Waals surface area contributed by atoms with E-state index in [0.29, 0.717) is 5.92 Å². The standard InChI is InChI=1S/C23H35F2N3/c1-7-14-27(15-13-18(5)8-2)22-16-21(17(3)4)28(26-22)20-11-9-19(10-12-20)23(6,24)25/h9-12,16-18H,7-8,13-15H2,1-6H3. The molecule has 0 aliphatic carbocycles. The normalized spacial score (nSPS) is 13.2. The van der Waals surface area contributed by atoms with Crippen LogP contribution in [0.25, 0.3) is 5.69 Å². The van der Waals surface area contributed by atoms with Gasteiger partial charge >= 0.3 is 0 Å². The Morgan fingerprint density at radius 3 is 2.21 bits per heavy atom. The largest absolute Gasteiger partial charge is 0.355 e. The van der Waals surface area contributed by atoms with Gasteiger partial charge in [-0.3, -0.25) is 0 Å². The summed E-state index contributed by atoms with van der Waals surface area (Å²) in [5.74, 6) is -0.887. The van der Waals surface area contributed by atoms with Crippen molar-refractivity contribution in [2.45, 2.75) is 72.6 Å². The quantitative estimate of drug-likeness (QED) is 0.446. The van der Waals surface area contributed by atoms with Crippen LogP contribution >= 0.6 is 0 Å². The van der Waals surface area contributed by atoms with Crippen LogP contribution in [-0.4, -0.2) is 22.9 Å². The zero-order valence-electron chi connectivity index (χ0n) is 18.2. The molecule has 0 saturated carbocycles. The van der Waals surface area contributed by atoms with Gasteiger partial charge in [-0.25, -0.2) is 13.5 Å². The van der Waals surface area contributed by atoms with Gasteiger partial charge in [0.25, 0.3) is 5.92 Å². The molecule has 5 heteroatoms. The predicted molar refractivity (Wildman–Crippen MR) is 114 cm³/mol. The molecule has 1 unspecified atom stereocenters. The number of aromatic nitrogens is 2. The highest BCUT2D eigenvalue weighted by molar-refractivity contribution is 5.45. The maximum atomic E-state index is 13.5. The van der Waals surface area contributed by atoms with Gasteiger partial charge < -0.3 is 4.90 Å². The zero-order chi connectivity index (χ0) is 20.9. The van der Waals surface area contributed by atoms with Crippen LogP contribution in [0.2, 0.25) is 0 Å². The lowest BCUT2D eigenvalue weighted by Gasteiger charge is -2.23. The van der Waals surface area contributed by atoms with Gasteiger partial charge in [0, 0.05) is 37.3 Å². The first-order valence-corrected chi connectivity index (χ1v) is 10.5. The van der Waals surface area contributed by atoms with E-state index in [-0.39, 0.29) is 11.5 Å². The van der Waals surface area contributed by atoms with E-state index in [1.54, 1.807) is 12.1 Å². The molecule has 1 heterocycles. The SMILES string of the molecule is CCCN(CCC(C)CC)c1cc(C(C)C)n(-c2ccc(C(C)(F)F)cc2)n1. The molecule has 0 aliphatic heterocycles. The van der Waals surface area contributed by atoms with Gasteiger partial charge in [0.2, 0.25) is 0 Å². The van der Waals surface area contributed by atoms with E-state index in [9.17, 15) is 8.78 Å². The number of halogens is 2. The summed E-state index contributed by atoms with van der Waals surface area (Å²) in [4.78, 5) is 2.35. The fourth-order valence-corrected chi connectivity index (χ4v) is 3.24. The molecule has 1 atom stereocenters. The molecule has 0 N–H and O–H groups in total. The van der Waals surface area contributed by atoms with Crippen LogP contribution in [0.15, 0.2) is 30.3 Å². The molecular formula is C23H35F2N3. The molecule has 0 amide bonds. The summed E-state index contributed by atoms with van der Waals surface area (Å²) >= 11 is 0. The van der Waals surface area contributed by atoms with Crippen molar-refractivity contribution in [1.29, 1.82) is 0 Å². The Hall–Kier alpha value is -1.91. The van der Waals surface area contributed by atoms with Crippen molar-refractivity contribution in [3.63, 3.8) is 0 Å². The van der Waals surface area contributed by atoms with Crippen molar-refractivity contribution in [1.82, 2.24) is 9.78 Å². The molecule has 0 fully saturated rings. The minimum atomic E-state index is -2.83. The number of hydrogen-bond donors (Lipinski definition) is 0. The Kier molecular flexibility index (Phi) is 7.62. The summed E-state index contributed by atoms with van der Waals surface area (Å²) < 4.78 is 29.0. The summed E-state index contributed by atoms with van der Waals surface area (Å²) in [6, 6.07) is 8.61. The van der Waals surface area contributed by atoms with E-state index < -0.39 is 5.92 Å². The molecule has 156 valence electrons. The van der Waals surface area contributed by atoms with E-state index in [0.717, 1.165) is 50.1 Å². The minimum Gasteiger partial charge on any atom is -0.355 e. The van der Waals surface area contributed by atoms with E-state index in [2.05, 4.69) is 45.6 Å². The van der Waals surface area contributed by atoms with Gasteiger partial charge in [0.05, 0.1) is 5.69 Å². The average molecular weight is 392 g/mol. The van der Waals surface area contributed by atoms with Crippen molar-refractivity contribution < 1.29 is 8.78 Å². The molecule has 0 radical (unpaired) electrons. The number of nitrogens with zero attached hydrogens (tertiary/aromatic N) is 3. The average Bonchev–Trinajstić information content (AvgIpc) is 3.09. The van der Waals surface area contributed by atoms with Crippen molar-refractivity contribution in [3.8, 4) is 5.69 Å². The summed E-state index contributed by atoms with van der Waals surface area (Å²) in [6.07, 6.45) is 3.38. The number of benzene rings is 1. The molecular weight excluding hydrogens is 356 g/mol. The topological polar surface area (TPSA) is 21.1 Å². The van der Waals surface area contributed by atoms with Gasteiger partial charge in [0.1, 0.15) is 0 Å². The van der Waals surface area contributed by atoms with Crippen LogP contribution in [0.5, 0.6) is 0 Å². The van der Waals surface area contributed by atoms with Crippen LogP contribution in [-0.2, 0) is 5.92 Å². The van der Waals surface area contributed by atoms with Crippen molar-refractivity contribution in [2.24, 2.45) is 5.92 Å². The number of alkyl halides is 2. The minimum absolute atomic E-state index is 0.0240. The molecule has 3 nitrogen and oxygen atoms in total. The first kappa shape index (κ1) is 22.4. The fourth-order valence-electron chi connectivity index (χ4n) is 3.24. The summed E-state index contributed by atoms with van der Waals surface area (Å²) in [5.41, 5.74) is 1.94. The van der Waals surface area contributed by atoms with Gasteiger partial charge in [-0.05, 0) is 36.8 Å². The lowest BCUT2D eigenvalue weighted by atomic mass is 10.0. The molecule has 0 saturated heterocycles. The molecule has 1 aromatic carbocycles. The Labute approximate surface area is 168 Å². The van der Waals surface area contributed by atoms with Crippen LogP contribution in [0.1, 0.15) is 78.0 Å². The Bertz CT molecular complexity index is 729. The lowest BCUT2D eigenvalue weighted by Crippen LogP contribution is -2.27. The molecule has 2 rings (SSSR count). The lowest BCUT2D eigenvalue weighted by molar-refractivity contribution is 0.0175. The van der Waals surface area contributed by atoms with Crippen LogP contribution in [0.3, 0.4) is 0 Å². The Morgan fingerprint density at radius 2 is 1.71 bits per heavy atom. The first-order chi connectivity index (χ1) is 13.2. The third-order valence-corrected chi connectivity index (χ3v) is 5.34. The summed E-state index contributed by atoms with van der Waals surface area (Å²) in [5, 5.41) is 4.87. The van der Waals surface area contributed by atoms with E-state index in [1.807, 2.05) is 4.68 Å². The van der Waals surface area contributed by atoms with E-state index >= 15 is 0 Å². The van der Waals surface area contributed by atoms with Crippen molar-refractivity contribution in [3.05, 3.63) is 41.6 Å². The molecule has 1 aromatic heterocycles. The highest BCUT2D eigenvalue weighted by Gasteiger charge is 2.24. The van der Waals surface area contributed by atoms with Gasteiger partial charge in [-0.15, -0.1) is 0 Å². The third-order valence-electron chi connectivity index (χ3n) is 5.34. The zero-order valence-corrected chi connectivity index (χ0v) is 18.2. The maximum absolute atomic E-state index is 13.5. The summed E-state index contributed by atoms with van der Waals surface area (Å²) in [7, 11) is 0. The van der Waals surface area contributed by atoms with Crippen molar-refractivity contribution in [2.75, 3.05) is 18.0 Å². The molecule has 0 spiro atoms. The van der Waals surface area contributed by atoms with Crippen LogP contribution in [0, 0.1) is 5.92 Å². The first-order valence-electron chi connectivity index (χ1n) is 10.5.